The van der Waals surface area contributed by atoms with Crippen molar-refractivity contribution in [2.24, 2.45) is 0 Å². The minimum atomic E-state index is -0.477. The van der Waals surface area contributed by atoms with E-state index in [1.165, 1.54) is 13.2 Å². The minimum absolute atomic E-state index is 0.0225. The van der Waals surface area contributed by atoms with Gasteiger partial charge in [0.15, 0.2) is 0 Å². The molecule has 148 valence electrons. The number of hydrogen-bond donors (Lipinski definition) is 2. The third kappa shape index (κ3) is 4.57. The van der Waals surface area contributed by atoms with E-state index >= 15 is 0 Å². The van der Waals surface area contributed by atoms with Crippen molar-refractivity contribution in [1.29, 1.82) is 0 Å². The van der Waals surface area contributed by atoms with Gasteiger partial charge in [0, 0.05) is 23.2 Å². The van der Waals surface area contributed by atoms with E-state index in [1.54, 1.807) is 48.5 Å². The lowest BCUT2D eigenvalue weighted by atomic mass is 10.1. The number of aromatic nitrogens is 2. The van der Waals surface area contributed by atoms with Gasteiger partial charge in [-0.25, -0.2) is 9.78 Å². The average Bonchev–Trinajstić information content (AvgIpc) is 2.71. The van der Waals surface area contributed by atoms with Crippen molar-refractivity contribution >= 4 is 28.9 Å². The van der Waals surface area contributed by atoms with Gasteiger partial charge in [0.05, 0.1) is 23.6 Å². The van der Waals surface area contributed by atoms with Crippen LogP contribution in [0.4, 0.5) is 0 Å². The third-order valence-electron chi connectivity index (χ3n) is 4.17. The predicted octanol–water partition coefficient (Wildman–Crippen LogP) is 2.91. The number of nitrogens with zero attached hydrogens (tertiary/aromatic N) is 1. The van der Waals surface area contributed by atoms with E-state index in [0.29, 0.717) is 33.4 Å². The molecule has 0 aliphatic rings. The lowest BCUT2D eigenvalue weighted by Crippen LogP contribution is -2.28. The van der Waals surface area contributed by atoms with Gasteiger partial charge in [-0.15, -0.1) is 0 Å². The molecule has 2 N–H and O–H groups in total. The minimum Gasteiger partial charge on any atom is -0.465 e. The van der Waals surface area contributed by atoms with E-state index in [-0.39, 0.29) is 17.5 Å². The monoisotopic (exact) mass is 391 g/mol. The zero-order valence-electron chi connectivity index (χ0n) is 16.4. The van der Waals surface area contributed by atoms with Crippen LogP contribution in [0.5, 0.6) is 0 Å². The maximum Gasteiger partial charge on any atom is 0.337 e. The van der Waals surface area contributed by atoms with Crippen LogP contribution in [0, 0.1) is 0 Å². The van der Waals surface area contributed by atoms with E-state index in [9.17, 15) is 14.4 Å². The normalized spacial score (nSPS) is 11.2. The molecule has 0 aliphatic heterocycles. The summed E-state index contributed by atoms with van der Waals surface area (Å²) in [6.45, 7) is 3.75. The Kier molecular flexibility index (Phi) is 5.87. The van der Waals surface area contributed by atoms with E-state index in [4.69, 9.17) is 4.74 Å². The number of aromatic amines is 1. The number of carbonyl (C=O) groups excluding carboxylic acids is 2. The fraction of sp³-hybridized carbons (Fsp3) is 0.182. The van der Waals surface area contributed by atoms with Gasteiger partial charge in [0.25, 0.3) is 5.56 Å². The number of carbonyl (C=O) groups is 2. The second-order valence-electron chi connectivity index (χ2n) is 6.73. The summed E-state index contributed by atoms with van der Waals surface area (Å²) >= 11 is 0. The topological polar surface area (TPSA) is 101 Å². The highest BCUT2D eigenvalue weighted by molar-refractivity contribution is 5.96. The van der Waals surface area contributed by atoms with Crippen molar-refractivity contribution in [3.8, 4) is 11.4 Å². The van der Waals surface area contributed by atoms with Crippen LogP contribution < -0.4 is 10.9 Å². The number of H-pyrrole nitrogens is 1. The molecule has 29 heavy (non-hydrogen) atoms. The fourth-order valence-corrected chi connectivity index (χ4v) is 2.86. The molecular weight excluding hydrogens is 370 g/mol. The van der Waals surface area contributed by atoms with Crippen LogP contribution in [-0.2, 0) is 9.53 Å². The van der Waals surface area contributed by atoms with Crippen LogP contribution in [0.3, 0.4) is 0 Å². The Morgan fingerprint density at radius 1 is 1.17 bits per heavy atom. The summed E-state index contributed by atoms with van der Waals surface area (Å²) in [5.74, 6) is -0.386. The summed E-state index contributed by atoms with van der Waals surface area (Å²) in [6, 6.07) is 11.9. The summed E-state index contributed by atoms with van der Waals surface area (Å²) < 4.78 is 4.74. The lowest BCUT2D eigenvalue weighted by Gasteiger charge is -2.07. The molecule has 0 atom stereocenters. The molecule has 3 aromatic rings. The Bertz CT molecular complexity index is 1160. The molecule has 0 unspecified atom stereocenters. The molecule has 0 radical (unpaired) electrons. The van der Waals surface area contributed by atoms with Crippen molar-refractivity contribution in [3.63, 3.8) is 0 Å². The van der Waals surface area contributed by atoms with Crippen molar-refractivity contribution < 1.29 is 14.3 Å². The van der Waals surface area contributed by atoms with E-state index < -0.39 is 5.97 Å². The Morgan fingerprint density at radius 2 is 1.93 bits per heavy atom. The second kappa shape index (κ2) is 8.52. The quantitative estimate of drug-likeness (QED) is 0.514. The number of benzene rings is 2. The van der Waals surface area contributed by atoms with Crippen LogP contribution in [0.2, 0.25) is 0 Å². The van der Waals surface area contributed by atoms with Gasteiger partial charge in [0.1, 0.15) is 5.82 Å². The summed E-state index contributed by atoms with van der Waals surface area (Å²) in [7, 11) is 1.30. The molecule has 0 fully saturated rings. The molecule has 0 bridgehead atoms. The number of fused-ring (bicyclic) bond motifs is 1. The summed E-state index contributed by atoms with van der Waals surface area (Å²) in [5, 5.41) is 3.18. The van der Waals surface area contributed by atoms with E-state index in [1.807, 2.05) is 13.8 Å². The number of nitrogens with one attached hydrogen (secondary N) is 2. The standard InChI is InChI=1S/C22H21N3O4/c1-13(2)23-18(26)11-10-14-6-5-9-17-19(14)24-20(25-21(17)27)15-7-4-8-16(12-15)22(28)29-3/h4-13H,1-3H3,(H,23,26)(H,24,25,27)/b11-10+. The molecule has 1 aromatic heterocycles. The molecule has 1 amide bonds. The summed E-state index contributed by atoms with van der Waals surface area (Å²) in [4.78, 5) is 43.6. The molecule has 1 heterocycles. The second-order valence-corrected chi connectivity index (χ2v) is 6.73. The molecule has 0 spiro atoms. The number of para-hydroxylation sites is 1. The van der Waals surface area contributed by atoms with Crippen LogP contribution in [0.15, 0.2) is 53.3 Å². The predicted molar refractivity (Wildman–Crippen MR) is 111 cm³/mol. The van der Waals surface area contributed by atoms with Crippen LogP contribution in [0.1, 0.15) is 29.8 Å². The third-order valence-corrected chi connectivity index (χ3v) is 4.17. The summed E-state index contributed by atoms with van der Waals surface area (Å²) in [6.07, 6.45) is 3.04. The van der Waals surface area contributed by atoms with Crippen LogP contribution >= 0.6 is 0 Å². The highest BCUT2D eigenvalue weighted by Crippen LogP contribution is 2.21. The fourth-order valence-electron chi connectivity index (χ4n) is 2.86. The van der Waals surface area contributed by atoms with Gasteiger partial charge in [-0.1, -0.05) is 24.3 Å². The first-order valence-corrected chi connectivity index (χ1v) is 9.09. The van der Waals surface area contributed by atoms with Crippen molar-refractivity contribution in [2.75, 3.05) is 7.11 Å². The first-order valence-electron chi connectivity index (χ1n) is 9.09. The SMILES string of the molecule is COC(=O)c1cccc(-c2nc3c(/C=C/C(=O)NC(C)C)cccc3c(=O)[nH]2)c1. The zero-order chi connectivity index (χ0) is 21.0. The lowest BCUT2D eigenvalue weighted by molar-refractivity contribution is -0.116. The number of methoxy groups -OCH3 is 1. The molecule has 0 saturated heterocycles. The smallest absolute Gasteiger partial charge is 0.337 e. The number of hydrogen-bond acceptors (Lipinski definition) is 5. The maximum atomic E-state index is 12.6. The Hall–Kier alpha value is -3.74. The first-order chi connectivity index (χ1) is 13.9. The van der Waals surface area contributed by atoms with Gasteiger partial charge in [-0.3, -0.25) is 9.59 Å². The number of rotatable bonds is 5. The van der Waals surface area contributed by atoms with Gasteiger partial charge in [-0.2, -0.15) is 0 Å². The average molecular weight is 391 g/mol. The first kappa shape index (κ1) is 20.0. The maximum absolute atomic E-state index is 12.6. The molecule has 7 heteroatoms. The highest BCUT2D eigenvalue weighted by Gasteiger charge is 2.11. The Labute approximate surface area is 167 Å². The largest absolute Gasteiger partial charge is 0.465 e. The van der Waals surface area contributed by atoms with Gasteiger partial charge in [-0.05, 0) is 38.1 Å². The van der Waals surface area contributed by atoms with Crippen LogP contribution in [0.25, 0.3) is 28.4 Å². The zero-order valence-corrected chi connectivity index (χ0v) is 16.4. The van der Waals surface area contributed by atoms with Gasteiger partial charge < -0.3 is 15.0 Å². The van der Waals surface area contributed by atoms with Crippen LogP contribution in [-0.4, -0.2) is 35.0 Å². The Balaban J connectivity index is 2.08. The Morgan fingerprint density at radius 3 is 2.66 bits per heavy atom. The van der Waals surface area contributed by atoms with Crippen molar-refractivity contribution in [3.05, 3.63) is 70.0 Å². The molecular formula is C22H21N3O4. The molecule has 2 aromatic carbocycles. The molecule has 0 aliphatic carbocycles. The van der Waals surface area contributed by atoms with Crippen molar-refractivity contribution in [2.45, 2.75) is 19.9 Å². The van der Waals surface area contributed by atoms with Gasteiger partial charge >= 0.3 is 5.97 Å². The van der Waals surface area contributed by atoms with E-state index in [2.05, 4.69) is 15.3 Å². The number of esters is 1. The molecule has 0 saturated carbocycles. The summed E-state index contributed by atoms with van der Waals surface area (Å²) in [5.41, 5.74) is 1.71. The van der Waals surface area contributed by atoms with Crippen molar-refractivity contribution in [1.82, 2.24) is 15.3 Å². The van der Waals surface area contributed by atoms with E-state index in [0.717, 1.165) is 0 Å². The molecule has 7 nitrogen and oxygen atoms in total. The number of amides is 1. The van der Waals surface area contributed by atoms with Gasteiger partial charge in [0.2, 0.25) is 5.91 Å². The number of ether oxygens (including phenoxy) is 1. The molecule has 3 rings (SSSR count). The highest BCUT2D eigenvalue weighted by atomic mass is 16.5.